The third kappa shape index (κ3) is 4.50. The summed E-state index contributed by atoms with van der Waals surface area (Å²) in [5.41, 5.74) is 0.167. The zero-order chi connectivity index (χ0) is 20.9. The molecule has 8 heteroatoms. The van der Waals surface area contributed by atoms with Crippen molar-refractivity contribution in [2.24, 2.45) is 0 Å². The van der Waals surface area contributed by atoms with Crippen LogP contribution in [0.5, 0.6) is 5.75 Å². The predicted molar refractivity (Wildman–Crippen MR) is 109 cm³/mol. The summed E-state index contributed by atoms with van der Waals surface area (Å²) >= 11 is 0. The molecule has 3 rings (SSSR count). The molecule has 0 spiro atoms. The molecular formula is C20H31N3O4S. The Kier molecular flexibility index (Phi) is 5.27. The maximum absolute atomic E-state index is 13.1. The molecule has 7 nitrogen and oxygen atoms in total. The topological polar surface area (TPSA) is 87.7 Å². The van der Waals surface area contributed by atoms with Gasteiger partial charge in [0.2, 0.25) is 15.9 Å². The van der Waals surface area contributed by atoms with Crippen molar-refractivity contribution in [2.75, 3.05) is 11.4 Å². The van der Waals surface area contributed by atoms with Crippen LogP contribution in [0.1, 0.15) is 54.4 Å². The van der Waals surface area contributed by atoms with Crippen molar-refractivity contribution in [3.05, 3.63) is 18.2 Å². The van der Waals surface area contributed by atoms with Crippen LogP contribution in [0.3, 0.4) is 0 Å². The molecule has 28 heavy (non-hydrogen) atoms. The fourth-order valence-electron chi connectivity index (χ4n) is 4.58. The normalized spacial score (nSPS) is 24.4. The first-order valence-electron chi connectivity index (χ1n) is 9.68. The number of nitrogens with zero attached hydrogens (tertiary/aromatic N) is 1. The van der Waals surface area contributed by atoms with Gasteiger partial charge in [0.05, 0.1) is 17.1 Å². The van der Waals surface area contributed by atoms with Crippen LogP contribution in [0.4, 0.5) is 5.69 Å². The summed E-state index contributed by atoms with van der Waals surface area (Å²) in [6.07, 6.45) is 1.25. The van der Waals surface area contributed by atoms with Crippen molar-refractivity contribution in [1.82, 2.24) is 10.0 Å². The van der Waals surface area contributed by atoms with Gasteiger partial charge in [-0.1, -0.05) is 0 Å². The number of piperidine rings is 1. The van der Waals surface area contributed by atoms with Gasteiger partial charge in [-0.2, -0.15) is 0 Å². The minimum Gasteiger partial charge on any atom is -0.487 e. The molecule has 2 aliphatic rings. The molecule has 1 aromatic carbocycles. The van der Waals surface area contributed by atoms with Crippen LogP contribution in [-0.2, 0) is 14.8 Å². The van der Waals surface area contributed by atoms with Gasteiger partial charge < -0.3 is 15.0 Å². The Balaban J connectivity index is 1.89. The van der Waals surface area contributed by atoms with Crippen LogP contribution in [0.25, 0.3) is 0 Å². The Hall–Kier alpha value is -1.64. The fourth-order valence-corrected chi connectivity index (χ4v) is 5.83. The zero-order valence-electron chi connectivity index (χ0n) is 17.5. The van der Waals surface area contributed by atoms with Crippen LogP contribution < -0.4 is 19.7 Å². The summed E-state index contributed by atoms with van der Waals surface area (Å²) < 4.78 is 34.8. The Bertz CT molecular complexity index is 863. The van der Waals surface area contributed by atoms with Crippen LogP contribution in [0, 0.1) is 0 Å². The second-order valence-corrected chi connectivity index (χ2v) is 11.0. The van der Waals surface area contributed by atoms with Gasteiger partial charge in [-0.15, -0.1) is 0 Å². The third-order valence-corrected chi connectivity index (χ3v) is 6.71. The molecule has 1 unspecified atom stereocenters. The maximum atomic E-state index is 13.1. The maximum Gasteiger partial charge on any atom is 0.240 e. The summed E-state index contributed by atoms with van der Waals surface area (Å²) in [6.45, 7) is 12.1. The van der Waals surface area contributed by atoms with E-state index in [-0.39, 0.29) is 34.0 Å². The number of hydrogen-bond acceptors (Lipinski definition) is 5. The number of fused-ring (bicyclic) bond motifs is 1. The number of hydrogen-bond donors (Lipinski definition) is 2. The van der Waals surface area contributed by atoms with Gasteiger partial charge in [0.1, 0.15) is 11.9 Å². The van der Waals surface area contributed by atoms with E-state index in [1.165, 1.54) is 19.1 Å². The van der Waals surface area contributed by atoms with Crippen LogP contribution in [-0.4, -0.2) is 44.1 Å². The number of ether oxygens (including phenoxy) is 1. The SMILES string of the molecule is CC(=O)N1CC(C)Oc2ccc(S(=O)(=O)NC3CC(C)(C)NC(C)(C)C3)cc21. The van der Waals surface area contributed by atoms with Crippen molar-refractivity contribution in [2.45, 2.75) is 82.5 Å². The fraction of sp³-hybridized carbons (Fsp3) is 0.650. The van der Waals surface area contributed by atoms with Gasteiger partial charge in [-0.25, -0.2) is 13.1 Å². The lowest BCUT2D eigenvalue weighted by atomic mass is 9.80. The lowest BCUT2D eigenvalue weighted by Crippen LogP contribution is -2.62. The molecule has 0 bridgehead atoms. The van der Waals surface area contributed by atoms with E-state index in [1.54, 1.807) is 11.0 Å². The largest absolute Gasteiger partial charge is 0.487 e. The summed E-state index contributed by atoms with van der Waals surface area (Å²) in [7, 11) is -3.73. The molecule has 0 aliphatic carbocycles. The Labute approximate surface area is 167 Å². The molecule has 1 saturated heterocycles. The molecular weight excluding hydrogens is 378 g/mol. The zero-order valence-corrected chi connectivity index (χ0v) is 18.3. The molecule has 2 N–H and O–H groups in total. The molecule has 0 saturated carbocycles. The summed E-state index contributed by atoms with van der Waals surface area (Å²) in [4.78, 5) is 13.7. The van der Waals surface area contributed by atoms with Crippen molar-refractivity contribution in [3.63, 3.8) is 0 Å². The molecule has 2 heterocycles. The first-order valence-corrected chi connectivity index (χ1v) is 11.2. The average Bonchev–Trinajstić information content (AvgIpc) is 2.49. The minimum atomic E-state index is -3.73. The van der Waals surface area contributed by atoms with Crippen molar-refractivity contribution in [1.29, 1.82) is 0 Å². The molecule has 1 atom stereocenters. The van der Waals surface area contributed by atoms with E-state index in [2.05, 4.69) is 37.7 Å². The number of rotatable bonds is 3. The van der Waals surface area contributed by atoms with E-state index in [0.29, 0.717) is 30.8 Å². The third-order valence-electron chi connectivity index (χ3n) is 5.19. The van der Waals surface area contributed by atoms with E-state index >= 15 is 0 Å². The lowest BCUT2D eigenvalue weighted by molar-refractivity contribution is -0.117. The first-order chi connectivity index (χ1) is 12.8. The standard InChI is InChI=1S/C20H31N3O4S/c1-13-12-23(14(2)24)17-9-16(7-8-18(17)27-13)28(25,26)21-15-10-19(3,4)22-20(5,6)11-15/h7-9,13,15,21-22H,10-12H2,1-6H3. The van der Waals surface area contributed by atoms with Gasteiger partial charge in [-0.3, -0.25) is 4.79 Å². The second-order valence-electron chi connectivity index (χ2n) is 9.31. The molecule has 1 aromatic rings. The van der Waals surface area contributed by atoms with Gasteiger partial charge >= 0.3 is 0 Å². The van der Waals surface area contributed by atoms with E-state index in [1.807, 2.05) is 6.92 Å². The van der Waals surface area contributed by atoms with E-state index in [0.717, 1.165) is 0 Å². The van der Waals surface area contributed by atoms with Crippen LogP contribution >= 0.6 is 0 Å². The molecule has 156 valence electrons. The van der Waals surface area contributed by atoms with Gasteiger partial charge in [0.15, 0.2) is 0 Å². The van der Waals surface area contributed by atoms with Gasteiger partial charge in [0.25, 0.3) is 0 Å². The molecule has 2 aliphatic heterocycles. The number of sulfonamides is 1. The van der Waals surface area contributed by atoms with Gasteiger partial charge in [-0.05, 0) is 65.7 Å². The monoisotopic (exact) mass is 409 g/mol. The molecule has 1 fully saturated rings. The number of nitrogens with one attached hydrogen (secondary N) is 2. The minimum absolute atomic E-state index is 0.138. The van der Waals surface area contributed by atoms with Crippen LogP contribution in [0.15, 0.2) is 23.1 Å². The first kappa shape index (κ1) is 21.1. The van der Waals surface area contributed by atoms with E-state index < -0.39 is 10.0 Å². The smallest absolute Gasteiger partial charge is 0.240 e. The average molecular weight is 410 g/mol. The number of benzene rings is 1. The summed E-state index contributed by atoms with van der Waals surface area (Å²) in [5, 5.41) is 3.56. The van der Waals surface area contributed by atoms with Gasteiger partial charge in [0, 0.05) is 24.0 Å². The predicted octanol–water partition coefficient (Wildman–Crippen LogP) is 2.41. The highest BCUT2D eigenvalue weighted by Gasteiger charge is 2.39. The highest BCUT2D eigenvalue weighted by molar-refractivity contribution is 7.89. The molecule has 0 aromatic heterocycles. The summed E-state index contributed by atoms with van der Waals surface area (Å²) in [6, 6.07) is 4.52. The quantitative estimate of drug-likeness (QED) is 0.800. The number of carbonyl (C=O) groups is 1. The second kappa shape index (κ2) is 7.00. The van der Waals surface area contributed by atoms with Crippen molar-refractivity contribution in [3.8, 4) is 5.75 Å². The highest BCUT2D eigenvalue weighted by Crippen LogP contribution is 2.36. The molecule has 0 radical (unpaired) electrons. The molecule has 1 amide bonds. The van der Waals surface area contributed by atoms with E-state index in [4.69, 9.17) is 4.74 Å². The van der Waals surface area contributed by atoms with Crippen LogP contribution in [0.2, 0.25) is 0 Å². The summed E-state index contributed by atoms with van der Waals surface area (Å²) in [5.74, 6) is 0.387. The Morgan fingerprint density at radius 3 is 2.39 bits per heavy atom. The number of anilines is 1. The van der Waals surface area contributed by atoms with Crippen molar-refractivity contribution >= 4 is 21.6 Å². The number of carbonyl (C=O) groups excluding carboxylic acids is 1. The highest BCUT2D eigenvalue weighted by atomic mass is 32.2. The Morgan fingerprint density at radius 2 is 1.82 bits per heavy atom. The lowest BCUT2D eigenvalue weighted by Gasteiger charge is -2.46. The Morgan fingerprint density at radius 1 is 1.21 bits per heavy atom. The number of amides is 1. The van der Waals surface area contributed by atoms with Crippen molar-refractivity contribution < 1.29 is 17.9 Å². The van der Waals surface area contributed by atoms with E-state index in [9.17, 15) is 13.2 Å².